The molecule has 2 atom stereocenters. The van der Waals surface area contributed by atoms with Gasteiger partial charge in [0, 0.05) is 24.7 Å². The van der Waals surface area contributed by atoms with Crippen molar-refractivity contribution in [2.45, 2.75) is 38.0 Å². The zero-order chi connectivity index (χ0) is 16.2. The van der Waals surface area contributed by atoms with Crippen LogP contribution in [0.5, 0.6) is 0 Å². The number of nitrogens with one attached hydrogen (secondary N) is 1. The number of rotatable bonds is 4. The quantitative estimate of drug-likeness (QED) is 0.517. The number of hydrogen-bond acceptors (Lipinski definition) is 4. The minimum atomic E-state index is -0.666. The second-order valence-corrected chi connectivity index (χ2v) is 5.99. The monoisotopic (exact) mass is 312 g/mol. The summed E-state index contributed by atoms with van der Waals surface area (Å²) in [7, 11) is 0. The summed E-state index contributed by atoms with van der Waals surface area (Å²) in [6.07, 6.45) is 1.63. The average molecular weight is 312 g/mol. The van der Waals surface area contributed by atoms with E-state index in [0.29, 0.717) is 12.0 Å². The highest BCUT2D eigenvalue weighted by molar-refractivity contribution is 5.41. The van der Waals surface area contributed by atoms with E-state index in [9.17, 15) is 15.2 Å². The molecule has 23 heavy (non-hydrogen) atoms. The summed E-state index contributed by atoms with van der Waals surface area (Å²) in [5.74, 6) is 0. The predicted molar refractivity (Wildman–Crippen MR) is 88.1 cm³/mol. The van der Waals surface area contributed by atoms with E-state index in [0.717, 1.165) is 24.9 Å². The van der Waals surface area contributed by atoms with Crippen LogP contribution in [-0.2, 0) is 13.0 Å². The van der Waals surface area contributed by atoms with E-state index in [1.54, 1.807) is 6.07 Å². The predicted octanol–water partition coefficient (Wildman–Crippen LogP) is 3.12. The lowest BCUT2D eigenvalue weighted by molar-refractivity contribution is -0.385. The molecule has 0 saturated carbocycles. The standard InChI is InChI=1S/C18H20N2O3/c21-18-10-15(19-12-13-4-2-1-3-5-13)8-6-14-7-9-16(20(22)23)11-17(14)18/h1-5,7,9,11,15,18-19,21H,6,8,10,12H2. The Bertz CT molecular complexity index is 688. The molecule has 0 amide bonds. The van der Waals surface area contributed by atoms with Crippen molar-refractivity contribution in [2.75, 3.05) is 0 Å². The van der Waals surface area contributed by atoms with Crippen molar-refractivity contribution in [3.05, 3.63) is 75.3 Å². The molecule has 2 aromatic rings. The fraction of sp³-hybridized carbons (Fsp3) is 0.333. The van der Waals surface area contributed by atoms with Gasteiger partial charge in [-0.2, -0.15) is 0 Å². The molecule has 0 aliphatic heterocycles. The van der Waals surface area contributed by atoms with Gasteiger partial charge < -0.3 is 10.4 Å². The number of aliphatic hydroxyl groups is 1. The molecule has 0 heterocycles. The number of nitro groups is 1. The van der Waals surface area contributed by atoms with Crippen LogP contribution in [0.15, 0.2) is 48.5 Å². The van der Waals surface area contributed by atoms with Gasteiger partial charge >= 0.3 is 0 Å². The third-order valence-electron chi connectivity index (χ3n) is 4.41. The van der Waals surface area contributed by atoms with Crippen LogP contribution in [0.4, 0.5) is 5.69 Å². The Labute approximate surface area is 135 Å². The molecule has 2 N–H and O–H groups in total. The summed E-state index contributed by atoms with van der Waals surface area (Å²) < 4.78 is 0. The fourth-order valence-corrected chi connectivity index (χ4v) is 3.12. The maximum absolute atomic E-state index is 10.9. The van der Waals surface area contributed by atoms with Crippen LogP contribution in [0, 0.1) is 10.1 Å². The molecule has 3 rings (SSSR count). The van der Waals surface area contributed by atoms with E-state index < -0.39 is 11.0 Å². The van der Waals surface area contributed by atoms with Crippen molar-refractivity contribution < 1.29 is 10.0 Å². The number of fused-ring (bicyclic) bond motifs is 1. The molecule has 0 bridgehead atoms. The van der Waals surface area contributed by atoms with Gasteiger partial charge in [0.2, 0.25) is 0 Å². The van der Waals surface area contributed by atoms with E-state index in [-0.39, 0.29) is 11.7 Å². The normalized spacial score (nSPS) is 20.6. The van der Waals surface area contributed by atoms with E-state index in [1.807, 2.05) is 18.2 Å². The van der Waals surface area contributed by atoms with Gasteiger partial charge in [0.25, 0.3) is 5.69 Å². The summed E-state index contributed by atoms with van der Waals surface area (Å²) in [4.78, 5) is 10.5. The van der Waals surface area contributed by atoms with Crippen LogP contribution in [-0.4, -0.2) is 16.1 Å². The molecule has 1 aliphatic carbocycles. The number of benzene rings is 2. The summed E-state index contributed by atoms with van der Waals surface area (Å²) in [6.45, 7) is 0.759. The Kier molecular flexibility index (Phi) is 4.69. The zero-order valence-corrected chi connectivity index (χ0v) is 12.8. The molecule has 120 valence electrons. The Morgan fingerprint density at radius 2 is 2.00 bits per heavy atom. The Morgan fingerprint density at radius 3 is 2.74 bits per heavy atom. The zero-order valence-electron chi connectivity index (χ0n) is 12.8. The van der Waals surface area contributed by atoms with Crippen LogP contribution in [0.2, 0.25) is 0 Å². The molecule has 2 unspecified atom stereocenters. The third-order valence-corrected chi connectivity index (χ3v) is 4.41. The molecule has 0 spiro atoms. The molecule has 2 aromatic carbocycles. The molecule has 0 saturated heterocycles. The van der Waals surface area contributed by atoms with Gasteiger partial charge in [0.05, 0.1) is 11.0 Å². The molecule has 5 nitrogen and oxygen atoms in total. The molecule has 0 fully saturated rings. The van der Waals surface area contributed by atoms with Crippen molar-refractivity contribution in [1.29, 1.82) is 0 Å². The summed E-state index contributed by atoms with van der Waals surface area (Å²) in [5, 5.41) is 24.9. The minimum absolute atomic E-state index is 0.0403. The van der Waals surface area contributed by atoms with Crippen molar-refractivity contribution in [2.24, 2.45) is 0 Å². The van der Waals surface area contributed by atoms with Gasteiger partial charge in [-0.05, 0) is 36.0 Å². The number of aryl methyl sites for hydroxylation is 1. The number of hydrogen-bond donors (Lipinski definition) is 2. The van der Waals surface area contributed by atoms with E-state index in [1.165, 1.54) is 17.7 Å². The highest BCUT2D eigenvalue weighted by Crippen LogP contribution is 2.31. The van der Waals surface area contributed by atoms with Gasteiger partial charge in [-0.1, -0.05) is 36.4 Å². The molecule has 0 aromatic heterocycles. The first-order valence-corrected chi connectivity index (χ1v) is 7.86. The van der Waals surface area contributed by atoms with E-state index in [4.69, 9.17) is 0 Å². The Morgan fingerprint density at radius 1 is 1.22 bits per heavy atom. The maximum atomic E-state index is 10.9. The van der Waals surface area contributed by atoms with Gasteiger partial charge in [0.15, 0.2) is 0 Å². The summed E-state index contributed by atoms with van der Waals surface area (Å²) >= 11 is 0. The highest BCUT2D eigenvalue weighted by atomic mass is 16.6. The van der Waals surface area contributed by atoms with Gasteiger partial charge in [0.1, 0.15) is 0 Å². The first kappa shape index (κ1) is 15.6. The third kappa shape index (κ3) is 3.75. The largest absolute Gasteiger partial charge is 0.388 e. The average Bonchev–Trinajstić information content (AvgIpc) is 2.73. The van der Waals surface area contributed by atoms with Crippen LogP contribution >= 0.6 is 0 Å². The van der Waals surface area contributed by atoms with Crippen molar-refractivity contribution in [1.82, 2.24) is 5.32 Å². The lowest BCUT2D eigenvalue weighted by Crippen LogP contribution is -2.29. The molecular formula is C18H20N2O3. The Balaban J connectivity index is 1.69. The maximum Gasteiger partial charge on any atom is 0.269 e. The first-order valence-electron chi connectivity index (χ1n) is 7.86. The summed E-state index contributed by atoms with van der Waals surface area (Å²) in [6, 6.07) is 15.1. The second kappa shape index (κ2) is 6.89. The van der Waals surface area contributed by atoms with Crippen LogP contribution < -0.4 is 5.32 Å². The van der Waals surface area contributed by atoms with Crippen molar-refractivity contribution in [3.63, 3.8) is 0 Å². The molecule has 0 radical (unpaired) electrons. The number of non-ortho nitro benzene ring substituents is 1. The van der Waals surface area contributed by atoms with Gasteiger partial charge in [-0.3, -0.25) is 10.1 Å². The SMILES string of the molecule is O=[N+]([O-])c1ccc2c(c1)C(O)CC(NCc1ccccc1)CC2. The number of nitrogens with zero attached hydrogens (tertiary/aromatic N) is 1. The topological polar surface area (TPSA) is 75.4 Å². The van der Waals surface area contributed by atoms with Crippen LogP contribution in [0.3, 0.4) is 0 Å². The highest BCUT2D eigenvalue weighted by Gasteiger charge is 2.24. The van der Waals surface area contributed by atoms with E-state index >= 15 is 0 Å². The van der Waals surface area contributed by atoms with Crippen molar-refractivity contribution in [3.8, 4) is 0 Å². The van der Waals surface area contributed by atoms with E-state index in [2.05, 4.69) is 17.4 Å². The molecule has 5 heteroatoms. The number of nitro benzene ring substituents is 1. The lowest BCUT2D eigenvalue weighted by atomic mass is 10.0. The van der Waals surface area contributed by atoms with Gasteiger partial charge in [-0.15, -0.1) is 0 Å². The van der Waals surface area contributed by atoms with Crippen LogP contribution in [0.25, 0.3) is 0 Å². The minimum Gasteiger partial charge on any atom is -0.388 e. The lowest BCUT2D eigenvalue weighted by Gasteiger charge is -2.18. The molecule has 1 aliphatic rings. The fourth-order valence-electron chi connectivity index (χ4n) is 3.12. The van der Waals surface area contributed by atoms with Gasteiger partial charge in [-0.25, -0.2) is 0 Å². The van der Waals surface area contributed by atoms with Crippen molar-refractivity contribution >= 4 is 5.69 Å². The second-order valence-electron chi connectivity index (χ2n) is 5.99. The van der Waals surface area contributed by atoms with Crippen LogP contribution in [0.1, 0.15) is 35.6 Å². The first-order chi connectivity index (χ1) is 11.1. The molecular weight excluding hydrogens is 292 g/mol. The Hall–Kier alpha value is -2.24. The smallest absolute Gasteiger partial charge is 0.269 e. The number of aliphatic hydroxyl groups excluding tert-OH is 1. The summed E-state index contributed by atoms with van der Waals surface area (Å²) in [5.41, 5.74) is 2.95.